The molecule has 0 spiro atoms. The van der Waals surface area contributed by atoms with Crippen molar-refractivity contribution in [1.29, 1.82) is 0 Å². The Morgan fingerprint density at radius 3 is 2.73 bits per heavy atom. The number of benzene rings is 2. The highest BCUT2D eigenvalue weighted by molar-refractivity contribution is 9.10. The third kappa shape index (κ3) is 4.02. The van der Waals surface area contributed by atoms with Crippen LogP contribution in [0.1, 0.15) is 19.4 Å². The molecule has 0 aromatic heterocycles. The Balaban J connectivity index is 1.67. The molecule has 1 atom stereocenters. The number of carbonyl (C=O) groups excluding carboxylic acids is 2. The first-order chi connectivity index (χ1) is 12.3. The van der Waals surface area contributed by atoms with E-state index < -0.39 is 6.10 Å². The highest BCUT2D eigenvalue weighted by atomic mass is 79.9. The standard InChI is InChI=1S/C19H18BrClN2O3/c1-11(26-18-6-3-14(21)10-16(18)20)19(25)22-15-4-5-17-13(9-15)7-8-23(17)12(2)24/h3-6,9-11H,7-8H2,1-2H3,(H,22,25)/t11-/m0/s1. The zero-order valence-electron chi connectivity index (χ0n) is 14.4. The van der Waals surface area contributed by atoms with Gasteiger partial charge in [0.2, 0.25) is 5.91 Å². The molecule has 2 aromatic carbocycles. The van der Waals surface area contributed by atoms with Gasteiger partial charge in [-0.25, -0.2) is 0 Å². The minimum absolute atomic E-state index is 0.0242. The lowest BCUT2D eigenvalue weighted by Crippen LogP contribution is -2.30. The van der Waals surface area contributed by atoms with Crippen molar-refractivity contribution in [3.8, 4) is 5.75 Å². The summed E-state index contributed by atoms with van der Waals surface area (Å²) in [7, 11) is 0. The summed E-state index contributed by atoms with van der Waals surface area (Å²) in [5.41, 5.74) is 2.64. The van der Waals surface area contributed by atoms with Crippen LogP contribution < -0.4 is 15.0 Å². The Kier molecular flexibility index (Phi) is 5.53. The van der Waals surface area contributed by atoms with E-state index in [-0.39, 0.29) is 11.8 Å². The molecule has 0 saturated heterocycles. The lowest BCUT2D eigenvalue weighted by Gasteiger charge is -2.17. The number of amides is 2. The van der Waals surface area contributed by atoms with Crippen LogP contribution in [0.3, 0.4) is 0 Å². The van der Waals surface area contributed by atoms with Gasteiger partial charge in [0, 0.05) is 29.9 Å². The Labute approximate surface area is 165 Å². The number of carbonyl (C=O) groups is 2. The highest BCUT2D eigenvalue weighted by Crippen LogP contribution is 2.31. The zero-order chi connectivity index (χ0) is 18.8. The molecule has 0 aliphatic carbocycles. The number of nitrogens with zero attached hydrogens (tertiary/aromatic N) is 1. The van der Waals surface area contributed by atoms with E-state index in [2.05, 4.69) is 21.2 Å². The first-order valence-corrected chi connectivity index (χ1v) is 9.36. The van der Waals surface area contributed by atoms with Gasteiger partial charge in [-0.05, 0) is 71.2 Å². The molecule has 0 saturated carbocycles. The Morgan fingerprint density at radius 1 is 1.27 bits per heavy atom. The van der Waals surface area contributed by atoms with E-state index >= 15 is 0 Å². The van der Waals surface area contributed by atoms with E-state index in [1.807, 2.05) is 12.1 Å². The molecule has 5 nitrogen and oxygen atoms in total. The Hall–Kier alpha value is -2.05. The minimum Gasteiger partial charge on any atom is -0.480 e. The molecule has 1 aliphatic rings. The largest absolute Gasteiger partial charge is 0.480 e. The summed E-state index contributed by atoms with van der Waals surface area (Å²) in [6.45, 7) is 3.91. The fourth-order valence-electron chi connectivity index (χ4n) is 2.87. The molecule has 0 bridgehead atoms. The van der Waals surface area contributed by atoms with Gasteiger partial charge in [-0.15, -0.1) is 0 Å². The molecule has 2 aromatic rings. The van der Waals surface area contributed by atoms with Crippen LogP contribution in [0.4, 0.5) is 11.4 Å². The quantitative estimate of drug-likeness (QED) is 0.770. The van der Waals surface area contributed by atoms with Crippen molar-refractivity contribution in [2.24, 2.45) is 0 Å². The monoisotopic (exact) mass is 436 g/mol. The molecule has 0 radical (unpaired) electrons. The molecule has 1 heterocycles. The first-order valence-electron chi connectivity index (χ1n) is 8.19. The van der Waals surface area contributed by atoms with Crippen molar-refractivity contribution in [1.82, 2.24) is 0 Å². The van der Waals surface area contributed by atoms with Crippen LogP contribution in [0, 0.1) is 0 Å². The molecule has 26 heavy (non-hydrogen) atoms. The third-order valence-electron chi connectivity index (χ3n) is 4.19. The lowest BCUT2D eigenvalue weighted by molar-refractivity contribution is -0.122. The van der Waals surface area contributed by atoms with Crippen molar-refractivity contribution in [3.05, 3.63) is 51.5 Å². The molecule has 136 valence electrons. The van der Waals surface area contributed by atoms with E-state index in [9.17, 15) is 9.59 Å². The number of hydrogen-bond acceptors (Lipinski definition) is 3. The minimum atomic E-state index is -0.686. The van der Waals surface area contributed by atoms with Crippen LogP contribution in [0.2, 0.25) is 5.02 Å². The van der Waals surface area contributed by atoms with Crippen molar-refractivity contribution in [3.63, 3.8) is 0 Å². The maximum absolute atomic E-state index is 12.4. The van der Waals surface area contributed by atoms with E-state index in [0.717, 1.165) is 17.7 Å². The van der Waals surface area contributed by atoms with E-state index in [4.69, 9.17) is 16.3 Å². The molecule has 2 amide bonds. The summed E-state index contributed by atoms with van der Waals surface area (Å²) in [6.07, 6.45) is 0.0945. The van der Waals surface area contributed by atoms with E-state index in [1.165, 1.54) is 0 Å². The topological polar surface area (TPSA) is 58.6 Å². The zero-order valence-corrected chi connectivity index (χ0v) is 16.7. The highest BCUT2D eigenvalue weighted by Gasteiger charge is 2.23. The van der Waals surface area contributed by atoms with Gasteiger partial charge in [-0.1, -0.05) is 11.6 Å². The summed E-state index contributed by atoms with van der Waals surface area (Å²) in [5, 5.41) is 3.44. The summed E-state index contributed by atoms with van der Waals surface area (Å²) in [6, 6.07) is 10.7. The van der Waals surface area contributed by atoms with Gasteiger partial charge in [0.15, 0.2) is 6.10 Å². The maximum Gasteiger partial charge on any atom is 0.265 e. The molecule has 0 fully saturated rings. The number of nitrogens with one attached hydrogen (secondary N) is 1. The van der Waals surface area contributed by atoms with Gasteiger partial charge in [0.25, 0.3) is 5.91 Å². The normalized spacial score (nSPS) is 13.9. The second kappa shape index (κ2) is 7.68. The summed E-state index contributed by atoms with van der Waals surface area (Å²) in [4.78, 5) is 25.8. The van der Waals surface area contributed by atoms with Crippen LogP contribution >= 0.6 is 27.5 Å². The molecular formula is C19H18BrClN2O3. The van der Waals surface area contributed by atoms with Crippen LogP contribution in [0.25, 0.3) is 0 Å². The van der Waals surface area contributed by atoms with Crippen LogP contribution in [0.5, 0.6) is 5.75 Å². The van der Waals surface area contributed by atoms with Crippen molar-refractivity contribution in [2.75, 3.05) is 16.8 Å². The summed E-state index contributed by atoms with van der Waals surface area (Å²) < 4.78 is 6.39. The molecule has 0 unspecified atom stereocenters. The Bertz CT molecular complexity index is 872. The predicted octanol–water partition coefficient (Wildman–Crippen LogP) is 4.42. The molecule has 1 N–H and O–H groups in total. The van der Waals surface area contributed by atoms with Crippen LogP contribution in [-0.2, 0) is 16.0 Å². The molecule has 7 heteroatoms. The molecule has 1 aliphatic heterocycles. The van der Waals surface area contributed by atoms with Crippen molar-refractivity contribution < 1.29 is 14.3 Å². The van der Waals surface area contributed by atoms with Crippen molar-refractivity contribution >= 4 is 50.7 Å². The fraction of sp³-hybridized carbons (Fsp3) is 0.263. The van der Waals surface area contributed by atoms with Gasteiger partial charge >= 0.3 is 0 Å². The van der Waals surface area contributed by atoms with Crippen LogP contribution in [0.15, 0.2) is 40.9 Å². The number of fused-ring (bicyclic) bond motifs is 1. The van der Waals surface area contributed by atoms with Gasteiger partial charge in [0.1, 0.15) is 5.75 Å². The van der Waals surface area contributed by atoms with E-state index in [1.54, 1.807) is 43.0 Å². The van der Waals surface area contributed by atoms with Gasteiger partial charge < -0.3 is 15.0 Å². The predicted molar refractivity (Wildman–Crippen MR) is 106 cm³/mol. The maximum atomic E-state index is 12.4. The molecular weight excluding hydrogens is 420 g/mol. The average Bonchev–Trinajstić information content (AvgIpc) is 3.00. The third-order valence-corrected chi connectivity index (χ3v) is 5.04. The van der Waals surface area contributed by atoms with Gasteiger partial charge in [-0.2, -0.15) is 0 Å². The number of ether oxygens (including phenoxy) is 1. The SMILES string of the molecule is CC(=O)N1CCc2cc(NC(=O)[C@H](C)Oc3ccc(Cl)cc3Br)ccc21. The van der Waals surface area contributed by atoms with Gasteiger partial charge in [0.05, 0.1) is 4.47 Å². The Morgan fingerprint density at radius 2 is 2.04 bits per heavy atom. The lowest BCUT2D eigenvalue weighted by atomic mass is 10.1. The van der Waals surface area contributed by atoms with Crippen LogP contribution in [-0.4, -0.2) is 24.5 Å². The first kappa shape index (κ1) is 18.7. The second-order valence-electron chi connectivity index (χ2n) is 6.09. The second-order valence-corrected chi connectivity index (χ2v) is 7.38. The number of rotatable bonds is 4. The molecule has 3 rings (SSSR count). The van der Waals surface area contributed by atoms with E-state index in [0.29, 0.717) is 27.5 Å². The number of hydrogen-bond donors (Lipinski definition) is 1. The summed E-state index contributed by atoms with van der Waals surface area (Å²) >= 11 is 9.28. The smallest absolute Gasteiger partial charge is 0.265 e. The summed E-state index contributed by atoms with van der Waals surface area (Å²) in [5.74, 6) is 0.312. The van der Waals surface area contributed by atoms with Gasteiger partial charge in [-0.3, -0.25) is 9.59 Å². The average molecular weight is 438 g/mol. The number of halogens is 2. The fourth-order valence-corrected chi connectivity index (χ4v) is 3.64. The van der Waals surface area contributed by atoms with Crippen molar-refractivity contribution in [2.45, 2.75) is 26.4 Å². The number of anilines is 2.